The van der Waals surface area contributed by atoms with Crippen molar-refractivity contribution in [1.82, 2.24) is 5.43 Å². The largest absolute Gasteiger partial charge is 0.378 e. The number of nitrogens with zero attached hydrogens (tertiary/aromatic N) is 1. The van der Waals surface area contributed by atoms with Crippen LogP contribution in [0.5, 0.6) is 5.75 Å². The Kier molecular flexibility index (Phi) is 5.38. The molecule has 0 aliphatic heterocycles. The summed E-state index contributed by atoms with van der Waals surface area (Å²) >= 11 is 4.73. The summed E-state index contributed by atoms with van der Waals surface area (Å²) in [6, 6.07) is 17.3. The Hall–Kier alpha value is -2.97. The van der Waals surface area contributed by atoms with Crippen LogP contribution in [0.25, 0.3) is 10.8 Å². The maximum Gasteiger partial charge on any atom is 0.339 e. The number of aryl methyl sites for hydroxylation is 1. The van der Waals surface area contributed by atoms with E-state index < -0.39 is 10.1 Å². The van der Waals surface area contributed by atoms with Gasteiger partial charge >= 0.3 is 10.1 Å². The molecule has 0 amide bonds. The summed E-state index contributed by atoms with van der Waals surface area (Å²) in [5, 5.41) is 5.64. The van der Waals surface area contributed by atoms with Crippen LogP contribution >= 0.6 is 12.2 Å². The Bertz CT molecular complexity index is 1120. The Morgan fingerprint density at radius 3 is 2.52 bits per heavy atom. The molecule has 0 aliphatic carbocycles. The first-order valence-corrected chi connectivity index (χ1v) is 9.80. The molecule has 3 N–H and O–H groups in total. The van der Waals surface area contributed by atoms with Gasteiger partial charge in [-0.25, -0.2) is 0 Å². The quantitative estimate of drug-likeness (QED) is 0.296. The lowest BCUT2D eigenvalue weighted by Crippen LogP contribution is -2.24. The molecule has 0 unspecified atom stereocenters. The van der Waals surface area contributed by atoms with Crippen molar-refractivity contribution in [2.24, 2.45) is 10.8 Å². The van der Waals surface area contributed by atoms with Crippen molar-refractivity contribution in [3.8, 4) is 5.75 Å². The van der Waals surface area contributed by atoms with Crippen molar-refractivity contribution >= 4 is 44.4 Å². The van der Waals surface area contributed by atoms with E-state index in [-0.39, 0.29) is 15.8 Å². The maximum atomic E-state index is 12.7. The van der Waals surface area contributed by atoms with Crippen LogP contribution in [0, 0.1) is 6.92 Å². The number of thiocarbonyl (C=S) groups is 1. The lowest BCUT2D eigenvalue weighted by molar-refractivity contribution is 0.486. The van der Waals surface area contributed by atoms with Crippen LogP contribution < -0.4 is 15.3 Å². The second-order valence-corrected chi connectivity index (χ2v) is 7.77. The molecule has 3 aromatic carbocycles. The average molecular weight is 399 g/mol. The average Bonchev–Trinajstić information content (AvgIpc) is 2.63. The Morgan fingerprint density at radius 2 is 1.81 bits per heavy atom. The zero-order chi connectivity index (χ0) is 19.4. The van der Waals surface area contributed by atoms with Crippen molar-refractivity contribution in [1.29, 1.82) is 0 Å². The third-order valence-electron chi connectivity index (χ3n) is 3.81. The fraction of sp³-hybridized carbons (Fsp3) is 0.0526. The molecule has 0 bridgehead atoms. The molecule has 3 rings (SSSR count). The summed E-state index contributed by atoms with van der Waals surface area (Å²) in [6.45, 7) is 1.88. The SMILES string of the molecule is Cc1ccc(S(=O)(=O)Oc2ccc3ccccc3c2/C=N\NC(N)=S)cc1. The molecular formula is C19H17N3O3S2. The smallest absolute Gasteiger partial charge is 0.339 e. The standard InChI is InChI=1S/C19H17N3O3S2/c1-13-6-9-15(10-7-13)27(23,24)25-18-11-8-14-4-2-3-5-16(14)17(18)12-21-22-19(20)26/h2-12H,1H3,(H3,20,22,26)/b21-12-. The van der Waals surface area contributed by atoms with Gasteiger partial charge in [0.1, 0.15) is 4.90 Å². The summed E-state index contributed by atoms with van der Waals surface area (Å²) in [6.07, 6.45) is 1.43. The molecule has 0 aromatic heterocycles. The molecule has 0 fully saturated rings. The molecule has 0 saturated carbocycles. The zero-order valence-corrected chi connectivity index (χ0v) is 16.0. The zero-order valence-electron chi connectivity index (χ0n) is 14.4. The molecule has 8 heteroatoms. The van der Waals surface area contributed by atoms with Gasteiger partial charge in [0, 0.05) is 5.56 Å². The van der Waals surface area contributed by atoms with E-state index in [9.17, 15) is 8.42 Å². The van der Waals surface area contributed by atoms with Gasteiger partial charge in [0.05, 0.1) is 6.21 Å². The molecule has 6 nitrogen and oxygen atoms in total. The van der Waals surface area contributed by atoms with Gasteiger partial charge in [-0.15, -0.1) is 0 Å². The van der Waals surface area contributed by atoms with Gasteiger partial charge in [-0.2, -0.15) is 13.5 Å². The molecular weight excluding hydrogens is 382 g/mol. The monoisotopic (exact) mass is 399 g/mol. The van der Waals surface area contributed by atoms with E-state index in [0.29, 0.717) is 5.56 Å². The first kappa shape index (κ1) is 18.8. The second-order valence-electron chi connectivity index (χ2n) is 5.78. The van der Waals surface area contributed by atoms with Crippen LogP contribution in [0.15, 0.2) is 70.7 Å². The van der Waals surface area contributed by atoms with Gasteiger partial charge in [-0.05, 0) is 48.1 Å². The highest BCUT2D eigenvalue weighted by molar-refractivity contribution is 7.87. The highest BCUT2D eigenvalue weighted by atomic mass is 32.2. The lowest BCUT2D eigenvalue weighted by atomic mass is 10.0. The maximum absolute atomic E-state index is 12.7. The van der Waals surface area contributed by atoms with Crippen molar-refractivity contribution in [3.63, 3.8) is 0 Å². The van der Waals surface area contributed by atoms with Crippen LogP contribution in [-0.4, -0.2) is 19.7 Å². The summed E-state index contributed by atoms with van der Waals surface area (Å²) in [4.78, 5) is 0.0745. The van der Waals surface area contributed by atoms with Crippen LogP contribution in [-0.2, 0) is 10.1 Å². The predicted molar refractivity (Wildman–Crippen MR) is 110 cm³/mol. The minimum absolute atomic E-state index is 0.00114. The number of nitrogens with one attached hydrogen (secondary N) is 1. The van der Waals surface area contributed by atoms with E-state index >= 15 is 0 Å². The third-order valence-corrected chi connectivity index (χ3v) is 5.15. The van der Waals surface area contributed by atoms with E-state index in [1.807, 2.05) is 31.2 Å². The van der Waals surface area contributed by atoms with E-state index in [0.717, 1.165) is 16.3 Å². The number of fused-ring (bicyclic) bond motifs is 1. The highest BCUT2D eigenvalue weighted by Crippen LogP contribution is 2.29. The van der Waals surface area contributed by atoms with E-state index in [2.05, 4.69) is 10.5 Å². The van der Waals surface area contributed by atoms with Crippen molar-refractivity contribution in [2.75, 3.05) is 0 Å². The number of nitrogens with two attached hydrogens (primary N) is 1. The predicted octanol–water partition coefficient (Wildman–Crippen LogP) is 3.08. The number of hydrazone groups is 1. The van der Waals surface area contributed by atoms with E-state index in [4.69, 9.17) is 22.1 Å². The molecule has 3 aromatic rings. The summed E-state index contributed by atoms with van der Waals surface area (Å²) in [5.41, 5.74) is 9.29. The number of hydrogen-bond donors (Lipinski definition) is 2. The van der Waals surface area contributed by atoms with Crippen molar-refractivity contribution in [2.45, 2.75) is 11.8 Å². The first-order valence-electron chi connectivity index (χ1n) is 7.98. The lowest BCUT2D eigenvalue weighted by Gasteiger charge is -2.12. The van der Waals surface area contributed by atoms with Crippen LogP contribution in [0.4, 0.5) is 0 Å². The summed E-state index contributed by atoms with van der Waals surface area (Å²) in [7, 11) is -4.00. The molecule has 0 heterocycles. The number of hydrogen-bond acceptors (Lipinski definition) is 5. The van der Waals surface area contributed by atoms with Crippen LogP contribution in [0.1, 0.15) is 11.1 Å². The Labute approximate surface area is 162 Å². The van der Waals surface area contributed by atoms with Crippen LogP contribution in [0.3, 0.4) is 0 Å². The van der Waals surface area contributed by atoms with Gasteiger partial charge in [0.2, 0.25) is 0 Å². The minimum atomic E-state index is -4.00. The van der Waals surface area contributed by atoms with Gasteiger partial charge in [-0.1, -0.05) is 48.0 Å². The van der Waals surface area contributed by atoms with Gasteiger partial charge in [0.15, 0.2) is 10.9 Å². The van der Waals surface area contributed by atoms with E-state index in [1.165, 1.54) is 18.3 Å². The molecule has 0 saturated heterocycles. The van der Waals surface area contributed by atoms with Gasteiger partial charge in [-0.3, -0.25) is 5.43 Å². The fourth-order valence-corrected chi connectivity index (χ4v) is 3.51. The van der Waals surface area contributed by atoms with E-state index in [1.54, 1.807) is 24.3 Å². The van der Waals surface area contributed by atoms with Crippen molar-refractivity contribution in [3.05, 3.63) is 71.8 Å². The van der Waals surface area contributed by atoms with Gasteiger partial charge < -0.3 is 9.92 Å². The normalized spacial score (nSPS) is 11.6. The topological polar surface area (TPSA) is 93.8 Å². The summed E-state index contributed by atoms with van der Waals surface area (Å²) in [5.74, 6) is 0.155. The molecule has 27 heavy (non-hydrogen) atoms. The third kappa shape index (κ3) is 4.42. The Morgan fingerprint density at radius 1 is 1.11 bits per heavy atom. The fourth-order valence-electron chi connectivity index (χ4n) is 2.51. The molecule has 0 radical (unpaired) electrons. The Balaban J connectivity index is 2.06. The molecule has 0 spiro atoms. The number of benzene rings is 3. The number of rotatable bonds is 5. The minimum Gasteiger partial charge on any atom is -0.378 e. The highest BCUT2D eigenvalue weighted by Gasteiger charge is 2.19. The van der Waals surface area contributed by atoms with Crippen molar-refractivity contribution < 1.29 is 12.6 Å². The van der Waals surface area contributed by atoms with Crippen LogP contribution in [0.2, 0.25) is 0 Å². The molecule has 138 valence electrons. The first-order chi connectivity index (χ1) is 12.9. The second kappa shape index (κ2) is 7.73. The molecule has 0 aliphatic rings. The molecule has 0 atom stereocenters. The summed E-state index contributed by atoms with van der Waals surface area (Å²) < 4.78 is 30.7. The van der Waals surface area contributed by atoms with Gasteiger partial charge in [0.25, 0.3) is 0 Å².